The first-order valence-corrected chi connectivity index (χ1v) is 12.3. The quantitative estimate of drug-likeness (QED) is 0.175. The molecule has 0 fully saturated rings. The number of amides is 1. The number of nitrogens with zero attached hydrogens (tertiary/aromatic N) is 1. The Labute approximate surface area is 208 Å². The second kappa shape index (κ2) is 12.5. The summed E-state index contributed by atoms with van der Waals surface area (Å²) < 4.78 is 42.7. The Kier molecular flexibility index (Phi) is 9.14. The standard InChI is InChI=1S/C25H25N3O7S/c1-3-34-23-15-18(9-14-22(23)35-25(30)19-10-12-20(33-2)13-11-19)16-26-28-24(29)17-27-36(31,32)21-7-5-4-6-8-21/h4-16,27H,3,17H2,1-2H3,(H,28,29)/b26-16-. The summed E-state index contributed by atoms with van der Waals surface area (Å²) >= 11 is 0. The van der Waals surface area contributed by atoms with Gasteiger partial charge in [0, 0.05) is 0 Å². The fraction of sp³-hybridized carbons (Fsp3) is 0.160. The number of carbonyl (C=O) groups is 2. The molecule has 10 nitrogen and oxygen atoms in total. The minimum absolute atomic E-state index is 0.0533. The van der Waals surface area contributed by atoms with Crippen molar-refractivity contribution in [1.82, 2.24) is 10.1 Å². The first-order chi connectivity index (χ1) is 17.3. The fourth-order valence-electron chi connectivity index (χ4n) is 2.91. The maximum absolute atomic E-state index is 12.5. The van der Waals surface area contributed by atoms with Crippen molar-refractivity contribution in [2.24, 2.45) is 5.10 Å². The molecule has 36 heavy (non-hydrogen) atoms. The molecule has 0 spiro atoms. The monoisotopic (exact) mass is 511 g/mol. The van der Waals surface area contributed by atoms with Gasteiger partial charge in [0.05, 0.1) is 36.9 Å². The Bertz CT molecular complexity index is 1330. The van der Waals surface area contributed by atoms with Crippen LogP contribution in [-0.2, 0) is 14.8 Å². The van der Waals surface area contributed by atoms with Gasteiger partial charge in [-0.2, -0.15) is 5.10 Å². The molecule has 0 aliphatic rings. The van der Waals surface area contributed by atoms with Crippen molar-refractivity contribution >= 4 is 28.1 Å². The van der Waals surface area contributed by atoms with Gasteiger partial charge in [0.2, 0.25) is 10.0 Å². The molecule has 0 radical (unpaired) electrons. The molecular weight excluding hydrogens is 486 g/mol. The molecule has 0 heterocycles. The molecule has 0 bridgehead atoms. The number of rotatable bonds is 11. The van der Waals surface area contributed by atoms with E-state index in [2.05, 4.69) is 15.2 Å². The number of hydrazone groups is 1. The number of hydrogen-bond donors (Lipinski definition) is 2. The Hall–Kier alpha value is -4.22. The zero-order chi connectivity index (χ0) is 26.0. The van der Waals surface area contributed by atoms with E-state index in [1.165, 1.54) is 25.5 Å². The topological polar surface area (TPSA) is 132 Å². The van der Waals surface area contributed by atoms with E-state index in [0.717, 1.165) is 0 Å². The van der Waals surface area contributed by atoms with Crippen LogP contribution in [0.1, 0.15) is 22.8 Å². The average Bonchev–Trinajstić information content (AvgIpc) is 2.89. The van der Waals surface area contributed by atoms with Crippen LogP contribution in [0.4, 0.5) is 0 Å². The smallest absolute Gasteiger partial charge is 0.343 e. The van der Waals surface area contributed by atoms with Gasteiger partial charge < -0.3 is 14.2 Å². The minimum atomic E-state index is -3.81. The van der Waals surface area contributed by atoms with Crippen LogP contribution in [0.3, 0.4) is 0 Å². The second-order valence-corrected chi connectivity index (χ2v) is 8.95. The van der Waals surface area contributed by atoms with Crippen LogP contribution in [-0.4, -0.2) is 46.8 Å². The van der Waals surface area contributed by atoms with E-state index < -0.39 is 28.4 Å². The zero-order valence-electron chi connectivity index (χ0n) is 19.6. The maximum atomic E-state index is 12.5. The van der Waals surface area contributed by atoms with E-state index in [-0.39, 0.29) is 10.6 Å². The molecule has 11 heteroatoms. The average molecular weight is 512 g/mol. The lowest BCUT2D eigenvalue weighted by atomic mass is 10.2. The van der Waals surface area contributed by atoms with Gasteiger partial charge in [-0.15, -0.1) is 0 Å². The molecule has 3 rings (SSSR count). The highest BCUT2D eigenvalue weighted by molar-refractivity contribution is 7.89. The molecule has 2 N–H and O–H groups in total. The highest BCUT2D eigenvalue weighted by Gasteiger charge is 2.15. The van der Waals surface area contributed by atoms with Gasteiger partial charge in [-0.25, -0.2) is 23.4 Å². The van der Waals surface area contributed by atoms with Crippen molar-refractivity contribution in [2.75, 3.05) is 20.3 Å². The van der Waals surface area contributed by atoms with Crippen molar-refractivity contribution in [3.63, 3.8) is 0 Å². The van der Waals surface area contributed by atoms with Crippen molar-refractivity contribution in [2.45, 2.75) is 11.8 Å². The van der Waals surface area contributed by atoms with Crippen LogP contribution < -0.4 is 24.4 Å². The largest absolute Gasteiger partial charge is 0.497 e. The Morgan fingerprint density at radius 2 is 1.69 bits per heavy atom. The second-order valence-electron chi connectivity index (χ2n) is 7.19. The normalized spacial score (nSPS) is 11.2. The Balaban J connectivity index is 1.59. The van der Waals surface area contributed by atoms with Gasteiger partial charge in [-0.05, 0) is 67.1 Å². The molecule has 3 aromatic carbocycles. The summed E-state index contributed by atoms with van der Waals surface area (Å²) in [4.78, 5) is 24.5. The molecule has 0 aliphatic carbocycles. The summed E-state index contributed by atoms with van der Waals surface area (Å²) in [5.74, 6) is -0.0728. The number of sulfonamides is 1. The first-order valence-electron chi connectivity index (χ1n) is 10.8. The number of benzene rings is 3. The molecule has 1 amide bonds. The third-order valence-electron chi connectivity index (χ3n) is 4.68. The summed E-state index contributed by atoms with van der Waals surface area (Å²) in [5.41, 5.74) is 3.14. The van der Waals surface area contributed by atoms with Crippen molar-refractivity contribution in [1.29, 1.82) is 0 Å². The summed E-state index contributed by atoms with van der Waals surface area (Å²) in [6, 6.07) is 18.9. The summed E-state index contributed by atoms with van der Waals surface area (Å²) in [6.45, 7) is 1.62. The molecule has 188 valence electrons. The van der Waals surface area contributed by atoms with Gasteiger partial charge in [0.1, 0.15) is 5.75 Å². The van der Waals surface area contributed by atoms with Gasteiger partial charge in [0.25, 0.3) is 5.91 Å². The van der Waals surface area contributed by atoms with Gasteiger partial charge >= 0.3 is 5.97 Å². The lowest BCUT2D eigenvalue weighted by molar-refractivity contribution is -0.119. The van der Waals surface area contributed by atoms with Crippen LogP contribution in [0.25, 0.3) is 0 Å². The van der Waals surface area contributed by atoms with E-state index in [4.69, 9.17) is 14.2 Å². The molecule has 0 saturated heterocycles. The number of ether oxygens (including phenoxy) is 3. The zero-order valence-corrected chi connectivity index (χ0v) is 20.4. The first kappa shape index (κ1) is 26.4. The van der Waals surface area contributed by atoms with Gasteiger partial charge in [-0.3, -0.25) is 4.79 Å². The summed E-state index contributed by atoms with van der Waals surface area (Å²) in [7, 11) is -2.28. The molecule has 3 aromatic rings. The molecule has 0 atom stereocenters. The van der Waals surface area contributed by atoms with E-state index in [0.29, 0.717) is 29.2 Å². The van der Waals surface area contributed by atoms with E-state index in [1.807, 2.05) is 0 Å². The van der Waals surface area contributed by atoms with Crippen LogP contribution in [0.2, 0.25) is 0 Å². The van der Waals surface area contributed by atoms with Crippen LogP contribution in [0.5, 0.6) is 17.2 Å². The third-order valence-corrected chi connectivity index (χ3v) is 6.09. The highest BCUT2D eigenvalue weighted by Crippen LogP contribution is 2.29. The fourth-order valence-corrected chi connectivity index (χ4v) is 3.91. The molecule has 0 unspecified atom stereocenters. The number of nitrogens with one attached hydrogen (secondary N) is 2. The van der Waals surface area contributed by atoms with Crippen LogP contribution in [0, 0.1) is 0 Å². The number of carbonyl (C=O) groups excluding carboxylic acids is 2. The predicted octanol–water partition coefficient (Wildman–Crippen LogP) is 2.74. The van der Waals surface area contributed by atoms with Crippen molar-refractivity contribution in [3.8, 4) is 17.2 Å². The summed E-state index contributed by atoms with van der Waals surface area (Å²) in [6.07, 6.45) is 1.35. The van der Waals surface area contributed by atoms with Crippen LogP contribution in [0.15, 0.2) is 82.8 Å². The maximum Gasteiger partial charge on any atom is 0.343 e. The molecule has 0 aliphatic heterocycles. The molecule has 0 saturated carbocycles. The number of methoxy groups -OCH3 is 1. The lowest BCUT2D eigenvalue weighted by Crippen LogP contribution is -2.34. The molecular formula is C25H25N3O7S. The van der Waals surface area contributed by atoms with E-state index in [1.54, 1.807) is 67.6 Å². The van der Waals surface area contributed by atoms with Crippen molar-refractivity contribution in [3.05, 3.63) is 83.9 Å². The highest BCUT2D eigenvalue weighted by atomic mass is 32.2. The number of hydrogen-bond acceptors (Lipinski definition) is 8. The Morgan fingerprint density at radius 3 is 2.36 bits per heavy atom. The van der Waals surface area contributed by atoms with Crippen LogP contribution >= 0.6 is 0 Å². The third kappa shape index (κ3) is 7.39. The predicted molar refractivity (Wildman–Crippen MR) is 133 cm³/mol. The minimum Gasteiger partial charge on any atom is -0.497 e. The summed E-state index contributed by atoms with van der Waals surface area (Å²) in [5, 5.41) is 3.84. The van der Waals surface area contributed by atoms with E-state index >= 15 is 0 Å². The van der Waals surface area contributed by atoms with E-state index in [9.17, 15) is 18.0 Å². The lowest BCUT2D eigenvalue weighted by Gasteiger charge is -2.11. The van der Waals surface area contributed by atoms with Gasteiger partial charge in [0.15, 0.2) is 11.5 Å². The SMILES string of the molecule is CCOc1cc(/C=N\NC(=O)CNS(=O)(=O)c2ccccc2)ccc1OC(=O)c1ccc(OC)cc1. The van der Waals surface area contributed by atoms with Gasteiger partial charge in [-0.1, -0.05) is 18.2 Å². The van der Waals surface area contributed by atoms with Crippen molar-refractivity contribution < 1.29 is 32.2 Å². The molecule has 0 aromatic heterocycles. The Morgan fingerprint density at radius 1 is 0.972 bits per heavy atom. The number of esters is 1.